The Labute approximate surface area is 137 Å². The number of imide groups is 1. The largest absolute Gasteiger partial charge is 0.325 e. The minimum atomic E-state index is -1.17. The van der Waals surface area contributed by atoms with Gasteiger partial charge in [-0.3, -0.25) is 9.69 Å². The third-order valence-corrected chi connectivity index (χ3v) is 4.36. The molecule has 0 spiro atoms. The zero-order valence-corrected chi connectivity index (χ0v) is 13.1. The number of nitrogens with one attached hydrogen (secondary N) is 1. The summed E-state index contributed by atoms with van der Waals surface area (Å²) >= 11 is 5.98. The molecule has 118 valence electrons. The maximum absolute atomic E-state index is 13.9. The van der Waals surface area contributed by atoms with E-state index in [1.165, 1.54) is 18.2 Å². The summed E-state index contributed by atoms with van der Waals surface area (Å²) in [5.74, 6) is -0.987. The lowest BCUT2D eigenvalue weighted by Gasteiger charge is -2.22. The molecule has 3 amide bonds. The van der Waals surface area contributed by atoms with Gasteiger partial charge in [0.05, 0.1) is 6.54 Å². The van der Waals surface area contributed by atoms with Crippen LogP contribution in [0.5, 0.6) is 0 Å². The summed E-state index contributed by atoms with van der Waals surface area (Å²) in [5.41, 5.74) is -0.383. The molecule has 23 heavy (non-hydrogen) atoms. The zero-order valence-electron chi connectivity index (χ0n) is 12.3. The number of carbonyl (C=O) groups is 2. The van der Waals surface area contributed by atoms with E-state index in [0.717, 1.165) is 4.90 Å². The Kier molecular flexibility index (Phi) is 3.82. The van der Waals surface area contributed by atoms with E-state index in [1.54, 1.807) is 31.2 Å². The average Bonchev–Trinajstić information content (AvgIpc) is 2.75. The Morgan fingerprint density at radius 2 is 1.83 bits per heavy atom. The Morgan fingerprint density at radius 1 is 1.13 bits per heavy atom. The number of hydrogen-bond acceptors (Lipinski definition) is 2. The summed E-state index contributed by atoms with van der Waals surface area (Å²) in [6, 6.07) is 12.6. The molecular weight excluding hydrogens is 319 g/mol. The van der Waals surface area contributed by atoms with E-state index in [-0.39, 0.29) is 17.1 Å². The van der Waals surface area contributed by atoms with Crippen molar-refractivity contribution in [1.29, 1.82) is 0 Å². The second kappa shape index (κ2) is 5.66. The van der Waals surface area contributed by atoms with Gasteiger partial charge in [-0.2, -0.15) is 0 Å². The monoisotopic (exact) mass is 332 g/mol. The van der Waals surface area contributed by atoms with Crippen LogP contribution in [0.2, 0.25) is 5.02 Å². The molecule has 2 aromatic carbocycles. The van der Waals surface area contributed by atoms with Gasteiger partial charge in [-0.05, 0) is 24.6 Å². The molecular formula is C17H14ClFN2O2. The fraction of sp³-hybridized carbons (Fsp3) is 0.176. The van der Waals surface area contributed by atoms with Crippen LogP contribution in [-0.4, -0.2) is 16.8 Å². The van der Waals surface area contributed by atoms with Crippen molar-refractivity contribution >= 4 is 23.5 Å². The standard InChI is InChI=1S/C17H14ClFN2O2/c1-17(11-6-3-2-4-7-11)15(22)21(16(23)20-17)10-12-13(18)8-5-9-14(12)19/h2-9H,10H2,1H3,(H,20,23)/t17-/m0/s1. The molecule has 0 aliphatic carbocycles. The number of amides is 3. The summed E-state index contributed by atoms with van der Waals surface area (Å²) in [7, 11) is 0. The van der Waals surface area contributed by atoms with Gasteiger partial charge in [0.25, 0.3) is 5.91 Å². The molecule has 0 radical (unpaired) electrons. The number of halogens is 2. The summed E-state index contributed by atoms with van der Waals surface area (Å²) in [6.45, 7) is 1.42. The van der Waals surface area contributed by atoms with Crippen molar-refractivity contribution in [2.45, 2.75) is 19.0 Å². The van der Waals surface area contributed by atoms with Gasteiger partial charge in [0.1, 0.15) is 11.4 Å². The van der Waals surface area contributed by atoms with E-state index in [0.29, 0.717) is 5.56 Å². The fourth-order valence-corrected chi connectivity index (χ4v) is 2.87. The molecule has 1 aliphatic rings. The van der Waals surface area contributed by atoms with Crippen LogP contribution in [0.3, 0.4) is 0 Å². The van der Waals surface area contributed by atoms with Gasteiger partial charge >= 0.3 is 6.03 Å². The van der Waals surface area contributed by atoms with E-state index >= 15 is 0 Å². The maximum atomic E-state index is 13.9. The summed E-state index contributed by atoms with van der Waals surface area (Å²) in [6.07, 6.45) is 0. The highest BCUT2D eigenvalue weighted by atomic mass is 35.5. The number of hydrogen-bond donors (Lipinski definition) is 1. The number of carbonyl (C=O) groups excluding carboxylic acids is 2. The Hall–Kier alpha value is -2.40. The SMILES string of the molecule is C[C@@]1(c2ccccc2)NC(=O)N(Cc2c(F)cccc2Cl)C1=O. The van der Waals surface area contributed by atoms with Crippen LogP contribution in [0.15, 0.2) is 48.5 Å². The molecule has 4 nitrogen and oxygen atoms in total. The van der Waals surface area contributed by atoms with Gasteiger partial charge in [0, 0.05) is 10.6 Å². The van der Waals surface area contributed by atoms with Crippen molar-refractivity contribution < 1.29 is 14.0 Å². The first-order valence-electron chi connectivity index (χ1n) is 7.06. The predicted molar refractivity (Wildman–Crippen MR) is 84.3 cm³/mol. The van der Waals surface area contributed by atoms with E-state index < -0.39 is 23.3 Å². The lowest BCUT2D eigenvalue weighted by atomic mass is 9.92. The normalized spacial score (nSPS) is 20.7. The summed E-state index contributed by atoms with van der Waals surface area (Å²) < 4.78 is 13.9. The van der Waals surface area contributed by atoms with Gasteiger partial charge in [0.2, 0.25) is 0 Å². The number of urea groups is 1. The first-order chi connectivity index (χ1) is 10.9. The Balaban J connectivity index is 1.94. The molecule has 1 N–H and O–H groups in total. The second-order valence-electron chi connectivity index (χ2n) is 5.51. The minimum absolute atomic E-state index is 0.120. The molecule has 0 aromatic heterocycles. The second-order valence-corrected chi connectivity index (χ2v) is 5.92. The predicted octanol–water partition coefficient (Wildman–Crippen LogP) is 3.45. The van der Waals surface area contributed by atoms with Gasteiger partial charge in [0.15, 0.2) is 0 Å². The highest BCUT2D eigenvalue weighted by Gasteiger charge is 2.49. The Bertz CT molecular complexity index is 761. The molecule has 1 saturated heterocycles. The van der Waals surface area contributed by atoms with Gasteiger partial charge in [-0.15, -0.1) is 0 Å². The molecule has 1 heterocycles. The zero-order chi connectivity index (χ0) is 16.6. The van der Waals surface area contributed by atoms with Crippen LogP contribution in [-0.2, 0) is 16.9 Å². The van der Waals surface area contributed by atoms with Crippen molar-refractivity contribution in [2.75, 3.05) is 0 Å². The van der Waals surface area contributed by atoms with Crippen LogP contribution in [0, 0.1) is 5.82 Å². The highest BCUT2D eigenvalue weighted by molar-refractivity contribution is 6.31. The van der Waals surface area contributed by atoms with E-state index in [4.69, 9.17) is 11.6 Å². The van der Waals surface area contributed by atoms with Crippen LogP contribution in [0.1, 0.15) is 18.1 Å². The van der Waals surface area contributed by atoms with Crippen molar-refractivity contribution in [3.05, 3.63) is 70.5 Å². The molecule has 3 rings (SSSR count). The van der Waals surface area contributed by atoms with E-state index in [2.05, 4.69) is 5.32 Å². The maximum Gasteiger partial charge on any atom is 0.325 e. The number of rotatable bonds is 3. The lowest BCUT2D eigenvalue weighted by molar-refractivity contribution is -0.131. The minimum Gasteiger partial charge on any atom is -0.319 e. The smallest absolute Gasteiger partial charge is 0.319 e. The summed E-state index contributed by atoms with van der Waals surface area (Å²) in [4.78, 5) is 26.0. The molecule has 0 unspecified atom stereocenters. The van der Waals surface area contributed by atoms with Crippen molar-refractivity contribution in [3.63, 3.8) is 0 Å². The molecule has 2 aromatic rings. The number of benzene rings is 2. The average molecular weight is 333 g/mol. The molecule has 1 fully saturated rings. The van der Waals surface area contributed by atoms with Crippen LogP contribution >= 0.6 is 11.6 Å². The molecule has 0 saturated carbocycles. The van der Waals surface area contributed by atoms with Gasteiger partial charge < -0.3 is 5.32 Å². The molecule has 1 aliphatic heterocycles. The Morgan fingerprint density at radius 3 is 2.48 bits per heavy atom. The first-order valence-corrected chi connectivity index (χ1v) is 7.44. The quantitative estimate of drug-likeness (QED) is 0.875. The van der Waals surface area contributed by atoms with Crippen molar-refractivity contribution in [2.24, 2.45) is 0 Å². The molecule has 6 heteroatoms. The molecule has 0 bridgehead atoms. The van der Waals surface area contributed by atoms with Crippen LogP contribution in [0.25, 0.3) is 0 Å². The first kappa shape index (κ1) is 15.5. The third kappa shape index (κ3) is 2.57. The number of nitrogens with zero attached hydrogens (tertiary/aromatic N) is 1. The summed E-state index contributed by atoms with van der Waals surface area (Å²) in [5, 5.41) is 2.86. The highest BCUT2D eigenvalue weighted by Crippen LogP contribution is 2.31. The lowest BCUT2D eigenvalue weighted by Crippen LogP contribution is -2.40. The van der Waals surface area contributed by atoms with Gasteiger partial charge in [-0.1, -0.05) is 48.0 Å². The molecule has 1 atom stereocenters. The van der Waals surface area contributed by atoms with Gasteiger partial charge in [-0.25, -0.2) is 9.18 Å². The van der Waals surface area contributed by atoms with E-state index in [1.807, 2.05) is 6.07 Å². The third-order valence-electron chi connectivity index (χ3n) is 4.00. The fourth-order valence-electron chi connectivity index (χ4n) is 2.65. The van der Waals surface area contributed by atoms with Crippen molar-refractivity contribution in [3.8, 4) is 0 Å². The van der Waals surface area contributed by atoms with Crippen LogP contribution < -0.4 is 5.32 Å². The van der Waals surface area contributed by atoms with Crippen LogP contribution in [0.4, 0.5) is 9.18 Å². The topological polar surface area (TPSA) is 49.4 Å². The van der Waals surface area contributed by atoms with E-state index in [9.17, 15) is 14.0 Å². The van der Waals surface area contributed by atoms with Crippen molar-refractivity contribution in [1.82, 2.24) is 10.2 Å².